The van der Waals surface area contributed by atoms with Crippen LogP contribution in [0.15, 0.2) is 104 Å². The van der Waals surface area contributed by atoms with E-state index >= 15 is 0 Å². The fourth-order valence-electron chi connectivity index (χ4n) is 5.69. The monoisotopic (exact) mass is 691 g/mol. The standard InChI is InChI=1S/C38H34F5N3O4/c1-23-24(2)32(39)12-11-30(23)25(3)46(38(47)48-22-27-7-5-4-6-8-27)35-14-10-29(21-45-35)31(19-26-15-17-44-18-16-26)28-9-13-33(49-36(40)41)34(20-28)50-37(42)43/h4-18,20-21,25,31,36-37H,19,22H2,1-3H3. The number of amides is 1. The van der Waals surface area contributed by atoms with Gasteiger partial charge >= 0.3 is 19.3 Å². The Morgan fingerprint density at radius 1 is 0.780 bits per heavy atom. The number of benzene rings is 3. The first kappa shape index (κ1) is 35.8. The van der Waals surface area contributed by atoms with E-state index in [9.17, 15) is 26.7 Å². The molecule has 3 aromatic carbocycles. The van der Waals surface area contributed by atoms with Crippen molar-refractivity contribution in [3.63, 3.8) is 0 Å². The highest BCUT2D eigenvalue weighted by Gasteiger charge is 2.29. The van der Waals surface area contributed by atoms with Crippen molar-refractivity contribution < 1.29 is 41.0 Å². The lowest BCUT2D eigenvalue weighted by molar-refractivity contribution is -0.0692. The summed E-state index contributed by atoms with van der Waals surface area (Å²) in [6, 6.07) is 22.3. The molecule has 0 spiro atoms. The third-order valence-corrected chi connectivity index (χ3v) is 8.41. The molecule has 0 bridgehead atoms. The Morgan fingerprint density at radius 2 is 1.46 bits per heavy atom. The number of aromatic nitrogens is 2. The molecule has 0 aliphatic rings. The lowest BCUT2D eigenvalue weighted by Crippen LogP contribution is -2.35. The van der Waals surface area contributed by atoms with Crippen LogP contribution in [0.25, 0.3) is 0 Å². The Kier molecular flexibility index (Phi) is 11.6. The van der Waals surface area contributed by atoms with Crippen molar-refractivity contribution in [2.75, 3.05) is 4.90 Å². The van der Waals surface area contributed by atoms with Gasteiger partial charge in [-0.2, -0.15) is 17.6 Å². The second-order valence-electron chi connectivity index (χ2n) is 11.5. The van der Waals surface area contributed by atoms with Gasteiger partial charge in [-0.05, 0) is 103 Å². The van der Waals surface area contributed by atoms with E-state index in [1.54, 1.807) is 69.7 Å². The summed E-state index contributed by atoms with van der Waals surface area (Å²) in [5, 5.41) is 0. The number of rotatable bonds is 13. The number of nitrogens with zero attached hydrogens (tertiary/aromatic N) is 3. The summed E-state index contributed by atoms with van der Waals surface area (Å²) in [5.41, 5.74) is 4.53. The maximum atomic E-state index is 14.4. The molecule has 0 aliphatic heterocycles. The predicted molar refractivity (Wildman–Crippen MR) is 177 cm³/mol. The van der Waals surface area contributed by atoms with Crippen molar-refractivity contribution in [2.45, 2.75) is 59.0 Å². The zero-order valence-corrected chi connectivity index (χ0v) is 27.4. The van der Waals surface area contributed by atoms with E-state index in [1.165, 1.54) is 23.1 Å². The fourth-order valence-corrected chi connectivity index (χ4v) is 5.69. The number of alkyl halides is 4. The van der Waals surface area contributed by atoms with Crippen molar-refractivity contribution in [3.8, 4) is 11.5 Å². The molecular weight excluding hydrogens is 657 g/mol. The second kappa shape index (κ2) is 16.3. The predicted octanol–water partition coefficient (Wildman–Crippen LogP) is 9.71. The molecule has 0 radical (unpaired) electrons. The molecule has 1 amide bonds. The molecule has 12 heteroatoms. The van der Waals surface area contributed by atoms with E-state index in [4.69, 9.17) is 4.74 Å². The first-order valence-electron chi connectivity index (χ1n) is 15.7. The van der Waals surface area contributed by atoms with Crippen LogP contribution in [0.5, 0.6) is 11.5 Å². The third kappa shape index (κ3) is 8.73. The fraction of sp³-hybridized carbons (Fsp3) is 0.237. The van der Waals surface area contributed by atoms with Gasteiger partial charge in [-0.3, -0.25) is 9.88 Å². The Morgan fingerprint density at radius 3 is 2.12 bits per heavy atom. The molecule has 260 valence electrons. The number of carbonyl (C=O) groups is 1. The molecule has 0 aliphatic carbocycles. The van der Waals surface area contributed by atoms with E-state index in [1.807, 2.05) is 30.3 Å². The van der Waals surface area contributed by atoms with Crippen LogP contribution in [-0.2, 0) is 17.8 Å². The highest BCUT2D eigenvalue weighted by molar-refractivity contribution is 5.87. The number of anilines is 1. The van der Waals surface area contributed by atoms with Gasteiger partial charge < -0.3 is 14.2 Å². The topological polar surface area (TPSA) is 73.8 Å². The lowest BCUT2D eigenvalue weighted by atomic mass is 9.86. The SMILES string of the molecule is Cc1c(F)ccc(C(C)N(C(=O)OCc2ccccc2)c2ccc(C(Cc3ccncc3)c3ccc(OC(F)F)c(OC(F)F)c3)cn2)c1C. The third-order valence-electron chi connectivity index (χ3n) is 8.41. The quantitative estimate of drug-likeness (QED) is 0.115. The van der Waals surface area contributed by atoms with Gasteiger partial charge in [-0.15, -0.1) is 0 Å². The highest BCUT2D eigenvalue weighted by atomic mass is 19.3. The molecule has 0 saturated heterocycles. The van der Waals surface area contributed by atoms with Gasteiger partial charge in [0, 0.05) is 24.5 Å². The average molecular weight is 692 g/mol. The van der Waals surface area contributed by atoms with Crippen LogP contribution >= 0.6 is 0 Å². The lowest BCUT2D eigenvalue weighted by Gasteiger charge is -2.30. The Labute approximate surface area is 286 Å². The summed E-state index contributed by atoms with van der Waals surface area (Å²) >= 11 is 0. The number of halogens is 5. The Balaban J connectivity index is 1.53. The molecule has 0 N–H and O–H groups in total. The summed E-state index contributed by atoms with van der Waals surface area (Å²) in [6.07, 6.45) is 4.43. The zero-order valence-electron chi connectivity index (χ0n) is 27.4. The molecule has 2 atom stereocenters. The van der Waals surface area contributed by atoms with Crippen LogP contribution in [0, 0.1) is 19.7 Å². The van der Waals surface area contributed by atoms with Crippen molar-refractivity contribution in [3.05, 3.63) is 148 Å². The van der Waals surface area contributed by atoms with Gasteiger partial charge in [0.25, 0.3) is 0 Å². The molecular formula is C38H34F5N3O4. The van der Waals surface area contributed by atoms with E-state index in [2.05, 4.69) is 19.4 Å². The Hall–Kier alpha value is -5.52. The highest BCUT2D eigenvalue weighted by Crippen LogP contribution is 2.38. The van der Waals surface area contributed by atoms with Crippen LogP contribution in [0.4, 0.5) is 32.6 Å². The van der Waals surface area contributed by atoms with Crippen LogP contribution in [0.3, 0.4) is 0 Å². The molecule has 0 saturated carbocycles. The molecule has 5 aromatic rings. The first-order valence-corrected chi connectivity index (χ1v) is 15.7. The number of pyridine rings is 2. The number of hydrogen-bond donors (Lipinski definition) is 0. The van der Waals surface area contributed by atoms with Crippen LogP contribution in [0.1, 0.15) is 57.8 Å². The molecule has 7 nitrogen and oxygen atoms in total. The van der Waals surface area contributed by atoms with Crippen LogP contribution in [0.2, 0.25) is 0 Å². The normalized spacial score (nSPS) is 12.4. The Bertz CT molecular complexity index is 1880. The molecule has 2 heterocycles. The number of hydrogen-bond acceptors (Lipinski definition) is 6. The molecule has 2 aromatic heterocycles. The van der Waals surface area contributed by atoms with E-state index in [0.717, 1.165) is 17.2 Å². The maximum absolute atomic E-state index is 14.4. The largest absolute Gasteiger partial charge is 0.444 e. The second-order valence-corrected chi connectivity index (χ2v) is 11.5. The minimum absolute atomic E-state index is 0.00466. The van der Waals surface area contributed by atoms with Gasteiger partial charge in [0.1, 0.15) is 18.2 Å². The van der Waals surface area contributed by atoms with E-state index in [0.29, 0.717) is 34.2 Å². The van der Waals surface area contributed by atoms with Crippen molar-refractivity contribution in [2.24, 2.45) is 0 Å². The summed E-state index contributed by atoms with van der Waals surface area (Å²) in [6.45, 7) is -1.30. The summed E-state index contributed by atoms with van der Waals surface area (Å²) in [7, 11) is 0. The van der Waals surface area contributed by atoms with Crippen LogP contribution < -0.4 is 14.4 Å². The van der Waals surface area contributed by atoms with Crippen molar-refractivity contribution >= 4 is 11.9 Å². The average Bonchev–Trinajstić information content (AvgIpc) is 3.10. The minimum atomic E-state index is -3.28. The van der Waals surface area contributed by atoms with E-state index in [-0.39, 0.29) is 18.2 Å². The summed E-state index contributed by atoms with van der Waals surface area (Å²) in [4.78, 5) is 23.8. The van der Waals surface area contributed by atoms with Gasteiger partial charge in [-0.25, -0.2) is 14.2 Å². The maximum Gasteiger partial charge on any atom is 0.416 e. The van der Waals surface area contributed by atoms with Gasteiger partial charge in [-0.1, -0.05) is 48.5 Å². The van der Waals surface area contributed by atoms with Gasteiger partial charge in [0.2, 0.25) is 0 Å². The zero-order chi connectivity index (χ0) is 35.8. The van der Waals surface area contributed by atoms with E-state index < -0.39 is 42.8 Å². The number of ether oxygens (including phenoxy) is 3. The summed E-state index contributed by atoms with van der Waals surface area (Å²) < 4.78 is 81.7. The smallest absolute Gasteiger partial charge is 0.416 e. The van der Waals surface area contributed by atoms with Crippen molar-refractivity contribution in [1.29, 1.82) is 0 Å². The number of carbonyl (C=O) groups excluding carboxylic acids is 1. The van der Waals surface area contributed by atoms with Crippen LogP contribution in [-0.4, -0.2) is 29.3 Å². The molecule has 2 unspecified atom stereocenters. The first-order chi connectivity index (χ1) is 24.0. The molecule has 0 fully saturated rings. The van der Waals surface area contributed by atoms with Gasteiger partial charge in [0.05, 0.1) is 6.04 Å². The van der Waals surface area contributed by atoms with Gasteiger partial charge in [0.15, 0.2) is 11.5 Å². The minimum Gasteiger partial charge on any atom is -0.444 e. The summed E-state index contributed by atoms with van der Waals surface area (Å²) in [5.74, 6) is -1.74. The molecule has 50 heavy (non-hydrogen) atoms. The van der Waals surface area contributed by atoms with Crippen molar-refractivity contribution in [1.82, 2.24) is 9.97 Å². The molecule has 5 rings (SSSR count).